The molecular weight excluding hydrogens is 351 g/mol. The van der Waals surface area contributed by atoms with Gasteiger partial charge in [0, 0.05) is 0 Å². The van der Waals surface area contributed by atoms with E-state index in [9.17, 15) is 18.8 Å². The molecule has 0 aromatic heterocycles. The monoisotopic (exact) mass is 378 g/mol. The molecule has 0 spiro atoms. The van der Waals surface area contributed by atoms with Crippen molar-refractivity contribution in [2.75, 3.05) is 6.54 Å². The molecule has 0 saturated carbocycles. The lowest BCUT2D eigenvalue weighted by atomic mass is 9.84. The molecule has 148 valence electrons. The fraction of sp³-hybridized carbons (Fsp3) is 0.474. The Morgan fingerprint density at radius 2 is 1.67 bits per heavy atom. The van der Waals surface area contributed by atoms with Crippen molar-refractivity contribution in [1.82, 2.24) is 5.32 Å². The zero-order valence-electron chi connectivity index (χ0n) is 16.1. The number of nitrogens with one attached hydrogen (secondary N) is 1. The molecule has 0 unspecified atom stereocenters. The molecule has 0 fully saturated rings. The summed E-state index contributed by atoms with van der Waals surface area (Å²) in [5, 5.41) is 2.48. The Kier molecular flexibility index (Phi) is 7.36. The van der Waals surface area contributed by atoms with Gasteiger partial charge in [0.15, 0.2) is 0 Å². The molecule has 0 saturated heterocycles. The first-order valence-electron chi connectivity index (χ1n) is 8.62. The van der Waals surface area contributed by atoms with Crippen LogP contribution in [0.5, 0.6) is 0 Å². The first-order chi connectivity index (χ1) is 12.4. The zero-order chi connectivity index (χ0) is 20.8. The number of hydrogen-bond acceptors (Lipinski definition) is 4. The van der Waals surface area contributed by atoms with Gasteiger partial charge in [-0.3, -0.25) is 14.4 Å². The highest BCUT2D eigenvalue weighted by Crippen LogP contribution is 2.25. The molecule has 8 heteroatoms. The van der Waals surface area contributed by atoms with Crippen LogP contribution >= 0.6 is 0 Å². The van der Waals surface area contributed by atoms with Crippen LogP contribution in [0.1, 0.15) is 46.1 Å². The van der Waals surface area contributed by atoms with Crippen LogP contribution in [0.25, 0.3) is 0 Å². The Morgan fingerprint density at radius 3 is 2.15 bits per heavy atom. The highest BCUT2D eigenvalue weighted by Gasteiger charge is 2.32. The number of halogens is 1. The van der Waals surface area contributed by atoms with Gasteiger partial charge < -0.3 is 16.8 Å². The van der Waals surface area contributed by atoms with Gasteiger partial charge in [-0.2, -0.15) is 0 Å². The molecular formula is C19H27FN4O3. The summed E-state index contributed by atoms with van der Waals surface area (Å²) in [6.45, 7) is 6.49. The fourth-order valence-electron chi connectivity index (χ4n) is 2.16. The van der Waals surface area contributed by atoms with E-state index in [4.69, 9.17) is 11.5 Å². The van der Waals surface area contributed by atoms with E-state index in [1.807, 2.05) is 0 Å². The minimum atomic E-state index is -1.30. The van der Waals surface area contributed by atoms with Crippen LogP contribution in [-0.4, -0.2) is 35.5 Å². The molecule has 0 atom stereocenters. The van der Waals surface area contributed by atoms with Gasteiger partial charge in [-0.15, -0.1) is 0 Å². The Bertz CT molecular complexity index is 740. The molecule has 3 amide bonds. The van der Waals surface area contributed by atoms with Crippen LogP contribution in [0, 0.1) is 5.82 Å². The molecule has 1 aromatic carbocycles. The minimum Gasteiger partial charge on any atom is -0.368 e. The van der Waals surface area contributed by atoms with Crippen molar-refractivity contribution in [3.8, 4) is 0 Å². The molecule has 7 nitrogen and oxygen atoms in total. The molecule has 0 bridgehead atoms. The van der Waals surface area contributed by atoms with Crippen LogP contribution < -0.4 is 16.8 Å². The van der Waals surface area contributed by atoms with Gasteiger partial charge in [0.1, 0.15) is 17.1 Å². The van der Waals surface area contributed by atoms with Gasteiger partial charge in [-0.05, 0) is 64.8 Å². The topological polar surface area (TPSA) is 128 Å². The first-order valence-corrected chi connectivity index (χ1v) is 8.62. The molecule has 0 heterocycles. The van der Waals surface area contributed by atoms with Crippen molar-refractivity contribution >= 4 is 23.4 Å². The second-order valence-corrected chi connectivity index (χ2v) is 7.33. The number of rotatable bonds is 8. The van der Waals surface area contributed by atoms with Crippen LogP contribution in [0.15, 0.2) is 29.3 Å². The Morgan fingerprint density at radius 1 is 1.11 bits per heavy atom. The number of carbonyl (C=O) groups is 3. The van der Waals surface area contributed by atoms with Crippen molar-refractivity contribution in [2.24, 2.45) is 16.5 Å². The summed E-state index contributed by atoms with van der Waals surface area (Å²) in [6.07, 6.45) is 0.607. The van der Waals surface area contributed by atoms with E-state index in [1.54, 1.807) is 13.8 Å². The molecule has 0 aliphatic rings. The Balaban J connectivity index is 3.15. The maximum absolute atomic E-state index is 13.1. The lowest BCUT2D eigenvalue weighted by Gasteiger charge is -2.24. The van der Waals surface area contributed by atoms with E-state index < -0.39 is 34.5 Å². The molecule has 27 heavy (non-hydrogen) atoms. The van der Waals surface area contributed by atoms with Crippen LogP contribution in [0.3, 0.4) is 0 Å². The summed E-state index contributed by atoms with van der Waals surface area (Å²) in [7, 11) is 0. The number of benzene rings is 1. The number of carbonyl (C=O) groups excluding carboxylic acids is 3. The maximum atomic E-state index is 13.1. The van der Waals surface area contributed by atoms with E-state index >= 15 is 0 Å². The Labute approximate surface area is 158 Å². The minimum absolute atomic E-state index is 0.0324. The smallest absolute Gasteiger partial charge is 0.266 e. The highest BCUT2D eigenvalue weighted by atomic mass is 19.1. The predicted molar refractivity (Wildman–Crippen MR) is 102 cm³/mol. The molecule has 1 rings (SSSR count). The average Bonchev–Trinajstić information content (AvgIpc) is 2.58. The van der Waals surface area contributed by atoms with Gasteiger partial charge >= 0.3 is 0 Å². The molecule has 0 aliphatic heterocycles. The average molecular weight is 378 g/mol. The van der Waals surface area contributed by atoms with E-state index in [2.05, 4.69) is 10.3 Å². The fourth-order valence-corrected chi connectivity index (χ4v) is 2.16. The first kappa shape index (κ1) is 22.4. The predicted octanol–water partition coefficient (Wildman–Crippen LogP) is 1.19. The summed E-state index contributed by atoms with van der Waals surface area (Å²) >= 11 is 0. The van der Waals surface area contributed by atoms with Gasteiger partial charge in [-0.25, -0.2) is 9.38 Å². The van der Waals surface area contributed by atoms with Crippen molar-refractivity contribution in [2.45, 2.75) is 51.5 Å². The highest BCUT2D eigenvalue weighted by molar-refractivity contribution is 6.41. The largest absolute Gasteiger partial charge is 0.368 e. The van der Waals surface area contributed by atoms with Crippen molar-refractivity contribution < 1.29 is 18.8 Å². The third kappa shape index (κ3) is 5.96. The van der Waals surface area contributed by atoms with Gasteiger partial charge in [0.05, 0.1) is 5.41 Å². The molecule has 0 aliphatic carbocycles. The number of primary amides is 1. The number of aliphatic imine (C=N–C) groups is 1. The maximum Gasteiger partial charge on any atom is 0.266 e. The normalized spacial score (nSPS) is 12.6. The van der Waals surface area contributed by atoms with E-state index in [0.29, 0.717) is 18.5 Å². The Hall–Kier alpha value is -2.61. The third-order valence-corrected chi connectivity index (χ3v) is 4.26. The van der Waals surface area contributed by atoms with E-state index in [-0.39, 0.29) is 12.1 Å². The van der Waals surface area contributed by atoms with Crippen molar-refractivity contribution in [3.63, 3.8) is 0 Å². The number of hydrogen-bond donors (Lipinski definition) is 3. The standard InChI is InChI=1S/C19H27FN4O3/c1-18(2,12-7-9-13(20)10-8-12)17(27)23-14(6-5-11-21)15(25)24-19(3,4)16(22)26/h7-10H,5-6,11,21H2,1-4H3,(H2,22,26)(H,24,25)/b23-14+. The number of nitrogens with two attached hydrogens (primary N) is 2. The zero-order valence-corrected chi connectivity index (χ0v) is 16.1. The number of amides is 3. The van der Waals surface area contributed by atoms with Crippen molar-refractivity contribution in [3.05, 3.63) is 35.6 Å². The lowest BCUT2D eigenvalue weighted by molar-refractivity contribution is -0.127. The van der Waals surface area contributed by atoms with Gasteiger partial charge in [0.2, 0.25) is 5.91 Å². The van der Waals surface area contributed by atoms with Crippen LogP contribution in [0.2, 0.25) is 0 Å². The molecule has 5 N–H and O–H groups in total. The summed E-state index contributed by atoms with van der Waals surface area (Å²) < 4.78 is 13.1. The number of nitrogens with zero attached hydrogens (tertiary/aromatic N) is 1. The summed E-state index contributed by atoms with van der Waals surface area (Å²) in [4.78, 5) is 40.7. The second kappa shape index (κ2) is 8.85. The molecule has 0 radical (unpaired) electrons. The summed E-state index contributed by atoms with van der Waals surface area (Å²) in [5.41, 5.74) is 8.93. The molecule has 1 aromatic rings. The summed E-state index contributed by atoms with van der Waals surface area (Å²) in [6, 6.07) is 5.51. The quantitative estimate of drug-likeness (QED) is 0.587. The summed E-state index contributed by atoms with van der Waals surface area (Å²) in [5.74, 6) is -2.35. The van der Waals surface area contributed by atoms with Crippen molar-refractivity contribution in [1.29, 1.82) is 0 Å². The van der Waals surface area contributed by atoms with Crippen LogP contribution in [-0.2, 0) is 19.8 Å². The van der Waals surface area contributed by atoms with Gasteiger partial charge in [0.25, 0.3) is 11.8 Å². The van der Waals surface area contributed by atoms with Gasteiger partial charge in [-0.1, -0.05) is 12.1 Å². The van der Waals surface area contributed by atoms with E-state index in [1.165, 1.54) is 38.1 Å². The van der Waals surface area contributed by atoms with Crippen LogP contribution in [0.4, 0.5) is 4.39 Å². The lowest BCUT2D eigenvalue weighted by Crippen LogP contribution is -2.54. The van der Waals surface area contributed by atoms with E-state index in [0.717, 1.165) is 0 Å². The second-order valence-electron chi connectivity index (χ2n) is 7.33. The third-order valence-electron chi connectivity index (χ3n) is 4.26. The SMILES string of the molecule is CC(C)(NC(=O)/C(CCCN)=N/C(=O)C(C)(C)c1ccc(F)cc1)C(N)=O.